The van der Waals surface area contributed by atoms with Crippen LogP contribution >= 0.6 is 0 Å². The normalized spacial score (nSPS) is 12.1. The third kappa shape index (κ3) is 4.68. The average molecular weight is 380 g/mol. The van der Waals surface area contributed by atoms with Crippen molar-refractivity contribution in [3.63, 3.8) is 0 Å². The smallest absolute Gasteiger partial charge is 0.179 e. The van der Waals surface area contributed by atoms with Crippen LogP contribution in [-0.2, 0) is 7.05 Å². The fourth-order valence-electron chi connectivity index (χ4n) is 3.15. The van der Waals surface area contributed by atoms with Gasteiger partial charge in [-0.25, -0.2) is 15.0 Å². The number of aromatic hydroxyl groups is 1. The Morgan fingerprint density at radius 3 is 2.64 bits per heavy atom. The van der Waals surface area contributed by atoms with Crippen LogP contribution in [0.4, 0.5) is 0 Å². The van der Waals surface area contributed by atoms with Gasteiger partial charge in [-0.05, 0) is 36.6 Å². The van der Waals surface area contributed by atoms with E-state index in [-0.39, 0.29) is 5.75 Å². The van der Waals surface area contributed by atoms with E-state index in [1.165, 1.54) is 25.6 Å². The Balaban J connectivity index is 1.75. The van der Waals surface area contributed by atoms with Crippen molar-refractivity contribution in [2.24, 2.45) is 13.0 Å². The number of ether oxygens (including phenoxy) is 1. The summed E-state index contributed by atoms with van der Waals surface area (Å²) in [4.78, 5) is 13.0. The van der Waals surface area contributed by atoms with Crippen LogP contribution in [-0.4, -0.2) is 31.2 Å². The van der Waals surface area contributed by atoms with Gasteiger partial charge in [-0.1, -0.05) is 33.1 Å². The van der Waals surface area contributed by atoms with Crippen molar-refractivity contribution in [3.05, 3.63) is 42.9 Å². The van der Waals surface area contributed by atoms with Gasteiger partial charge in [0.2, 0.25) is 0 Å². The Labute approximate surface area is 166 Å². The van der Waals surface area contributed by atoms with Gasteiger partial charge in [-0.3, -0.25) is 0 Å². The summed E-state index contributed by atoms with van der Waals surface area (Å²) in [5.41, 5.74) is 1.45. The van der Waals surface area contributed by atoms with Crippen molar-refractivity contribution in [2.75, 3.05) is 6.61 Å². The molecule has 0 bridgehead atoms. The van der Waals surface area contributed by atoms with Crippen LogP contribution in [0.15, 0.2) is 42.9 Å². The number of benzene rings is 1. The van der Waals surface area contributed by atoms with E-state index in [1.54, 1.807) is 12.1 Å². The van der Waals surface area contributed by atoms with Gasteiger partial charge in [0, 0.05) is 19.3 Å². The predicted molar refractivity (Wildman–Crippen MR) is 110 cm³/mol. The van der Waals surface area contributed by atoms with Crippen molar-refractivity contribution >= 4 is 0 Å². The fraction of sp³-hybridized carbons (Fsp3) is 0.409. The number of phenolic OH excluding ortho intramolecular Hbond substituents is 1. The van der Waals surface area contributed by atoms with E-state index in [1.807, 2.05) is 36.0 Å². The van der Waals surface area contributed by atoms with Gasteiger partial charge in [-0.15, -0.1) is 0 Å². The molecule has 148 valence electrons. The van der Waals surface area contributed by atoms with E-state index in [0.29, 0.717) is 35.5 Å². The lowest BCUT2D eigenvalue weighted by atomic mass is 10.0. The number of aromatic nitrogens is 4. The molecule has 2 aromatic heterocycles. The summed E-state index contributed by atoms with van der Waals surface area (Å²) >= 11 is 0. The van der Waals surface area contributed by atoms with Crippen LogP contribution in [0.5, 0.6) is 11.5 Å². The second kappa shape index (κ2) is 9.35. The van der Waals surface area contributed by atoms with Crippen molar-refractivity contribution < 1.29 is 9.84 Å². The number of hydrogen-bond donors (Lipinski definition) is 1. The molecule has 1 unspecified atom stereocenters. The summed E-state index contributed by atoms with van der Waals surface area (Å²) < 4.78 is 7.85. The minimum absolute atomic E-state index is 0.100. The van der Waals surface area contributed by atoms with E-state index >= 15 is 0 Å². The molecular formula is C22H28N4O2. The van der Waals surface area contributed by atoms with Crippen LogP contribution in [0.25, 0.3) is 22.9 Å². The van der Waals surface area contributed by atoms with Gasteiger partial charge in [0.1, 0.15) is 17.8 Å². The standard InChI is InChI=1S/C22H28N4O2/c1-4-6-8-16(5-2)14-28-17-10-11-18(20(27)13-17)21-23-15-24-22(25-21)19-9-7-12-26(19)3/h7,9-13,15-16,27H,4-6,8,14H2,1-3H3. The molecule has 0 spiro atoms. The molecule has 0 saturated heterocycles. The van der Waals surface area contributed by atoms with Crippen molar-refractivity contribution in [2.45, 2.75) is 39.5 Å². The summed E-state index contributed by atoms with van der Waals surface area (Å²) in [6, 6.07) is 9.16. The zero-order chi connectivity index (χ0) is 19.9. The first-order valence-electron chi connectivity index (χ1n) is 9.89. The van der Waals surface area contributed by atoms with Gasteiger partial charge in [0.25, 0.3) is 0 Å². The Morgan fingerprint density at radius 2 is 1.96 bits per heavy atom. The number of phenols is 1. The zero-order valence-corrected chi connectivity index (χ0v) is 16.8. The van der Waals surface area contributed by atoms with Gasteiger partial charge in [-0.2, -0.15) is 0 Å². The van der Waals surface area contributed by atoms with Gasteiger partial charge in [0.15, 0.2) is 11.6 Å². The second-order valence-corrected chi connectivity index (χ2v) is 7.04. The summed E-state index contributed by atoms with van der Waals surface area (Å²) in [5.74, 6) is 2.30. The molecule has 0 aliphatic rings. The molecule has 0 saturated carbocycles. The Hall–Kier alpha value is -2.89. The van der Waals surface area contributed by atoms with Crippen LogP contribution in [0.1, 0.15) is 39.5 Å². The lowest BCUT2D eigenvalue weighted by Gasteiger charge is -2.16. The first-order valence-corrected chi connectivity index (χ1v) is 9.89. The fourth-order valence-corrected chi connectivity index (χ4v) is 3.15. The van der Waals surface area contributed by atoms with Crippen molar-refractivity contribution in [3.8, 4) is 34.4 Å². The highest BCUT2D eigenvalue weighted by atomic mass is 16.5. The molecule has 3 aromatic rings. The highest BCUT2D eigenvalue weighted by molar-refractivity contribution is 5.66. The molecule has 0 amide bonds. The highest BCUT2D eigenvalue weighted by Crippen LogP contribution is 2.31. The Morgan fingerprint density at radius 1 is 1.14 bits per heavy atom. The summed E-state index contributed by atoms with van der Waals surface area (Å²) in [6.45, 7) is 5.06. The van der Waals surface area contributed by atoms with Crippen LogP contribution in [0.2, 0.25) is 0 Å². The average Bonchev–Trinajstić information content (AvgIpc) is 3.14. The summed E-state index contributed by atoms with van der Waals surface area (Å²) in [7, 11) is 1.94. The molecular weight excluding hydrogens is 352 g/mol. The molecule has 1 aromatic carbocycles. The Bertz CT molecular complexity index is 907. The molecule has 6 heteroatoms. The Kier molecular flexibility index (Phi) is 6.63. The molecule has 2 heterocycles. The van der Waals surface area contributed by atoms with E-state index in [2.05, 4.69) is 28.8 Å². The van der Waals surface area contributed by atoms with E-state index < -0.39 is 0 Å². The molecule has 1 N–H and O–H groups in total. The van der Waals surface area contributed by atoms with Crippen LogP contribution < -0.4 is 4.74 Å². The first-order chi connectivity index (χ1) is 13.6. The summed E-state index contributed by atoms with van der Waals surface area (Å²) in [6.07, 6.45) is 8.08. The highest BCUT2D eigenvalue weighted by Gasteiger charge is 2.13. The molecule has 1 atom stereocenters. The summed E-state index contributed by atoms with van der Waals surface area (Å²) in [5, 5.41) is 10.5. The third-order valence-electron chi connectivity index (χ3n) is 4.98. The molecule has 3 rings (SSSR count). The quantitative estimate of drug-likeness (QED) is 0.575. The minimum atomic E-state index is 0.100. The topological polar surface area (TPSA) is 73.1 Å². The SMILES string of the molecule is CCCCC(CC)COc1ccc(-c2ncnc(-c3cccn3C)n2)c(O)c1. The third-order valence-corrected chi connectivity index (χ3v) is 4.98. The van der Waals surface area contributed by atoms with Crippen LogP contribution in [0, 0.1) is 5.92 Å². The van der Waals surface area contributed by atoms with Gasteiger partial charge < -0.3 is 14.4 Å². The maximum absolute atomic E-state index is 10.5. The number of hydrogen-bond acceptors (Lipinski definition) is 5. The zero-order valence-electron chi connectivity index (χ0n) is 16.8. The number of nitrogens with zero attached hydrogens (tertiary/aromatic N) is 4. The number of unbranched alkanes of at least 4 members (excludes halogenated alkanes) is 1. The first kappa shape index (κ1) is 19.9. The maximum atomic E-state index is 10.5. The monoisotopic (exact) mass is 380 g/mol. The lowest BCUT2D eigenvalue weighted by molar-refractivity contribution is 0.232. The van der Waals surface area contributed by atoms with E-state index in [9.17, 15) is 5.11 Å². The molecule has 28 heavy (non-hydrogen) atoms. The lowest BCUT2D eigenvalue weighted by Crippen LogP contribution is -2.11. The maximum Gasteiger partial charge on any atom is 0.179 e. The largest absolute Gasteiger partial charge is 0.507 e. The van der Waals surface area contributed by atoms with Crippen molar-refractivity contribution in [1.29, 1.82) is 0 Å². The molecule has 0 aliphatic heterocycles. The number of aryl methyl sites for hydroxylation is 1. The molecule has 0 fully saturated rings. The second-order valence-electron chi connectivity index (χ2n) is 7.04. The van der Waals surface area contributed by atoms with Crippen LogP contribution in [0.3, 0.4) is 0 Å². The number of rotatable bonds is 9. The molecule has 6 nitrogen and oxygen atoms in total. The molecule has 0 aliphatic carbocycles. The van der Waals surface area contributed by atoms with E-state index in [0.717, 1.165) is 12.1 Å². The van der Waals surface area contributed by atoms with Gasteiger partial charge >= 0.3 is 0 Å². The van der Waals surface area contributed by atoms with Gasteiger partial charge in [0.05, 0.1) is 17.9 Å². The minimum Gasteiger partial charge on any atom is -0.507 e. The molecule has 0 radical (unpaired) electrons. The van der Waals surface area contributed by atoms with Crippen molar-refractivity contribution in [1.82, 2.24) is 19.5 Å². The van der Waals surface area contributed by atoms with E-state index in [4.69, 9.17) is 4.74 Å². The predicted octanol–water partition coefficient (Wildman–Crippen LogP) is 4.84.